The second-order valence-electron chi connectivity index (χ2n) is 4.76. The van der Waals surface area contributed by atoms with Crippen LogP contribution in [0.5, 0.6) is 5.88 Å². The molecule has 1 amide bonds. The van der Waals surface area contributed by atoms with Gasteiger partial charge in [-0.25, -0.2) is 9.97 Å². The van der Waals surface area contributed by atoms with E-state index in [1.165, 1.54) is 18.0 Å². The first-order valence-corrected chi connectivity index (χ1v) is 6.40. The molecule has 0 aliphatic heterocycles. The first kappa shape index (κ1) is 14.0. The van der Waals surface area contributed by atoms with E-state index in [1.807, 2.05) is 12.1 Å². The molecule has 5 nitrogen and oxygen atoms in total. The molecule has 0 atom stereocenters. The number of carbonyl (C=O) groups is 1. The van der Waals surface area contributed by atoms with Gasteiger partial charge in [-0.3, -0.25) is 4.79 Å². The number of hydrogen-bond acceptors (Lipinski definition) is 4. The van der Waals surface area contributed by atoms with Gasteiger partial charge in [-0.05, 0) is 17.0 Å². The van der Waals surface area contributed by atoms with E-state index in [-0.39, 0.29) is 11.6 Å². The summed E-state index contributed by atoms with van der Waals surface area (Å²) in [6.07, 6.45) is 2.87. The van der Waals surface area contributed by atoms with Gasteiger partial charge in [-0.1, -0.05) is 38.1 Å². The Kier molecular flexibility index (Phi) is 4.30. The molecule has 2 N–H and O–H groups in total. The molecule has 0 unspecified atom stereocenters. The zero-order valence-electron chi connectivity index (χ0n) is 11.5. The van der Waals surface area contributed by atoms with Gasteiger partial charge in [0.25, 0.3) is 5.91 Å². The predicted octanol–water partition coefficient (Wildman–Crippen LogP) is 2.28. The Hall–Kier alpha value is -2.43. The molecule has 0 radical (unpaired) electrons. The molecule has 1 aromatic heterocycles. The van der Waals surface area contributed by atoms with Crippen LogP contribution in [0.25, 0.3) is 0 Å². The van der Waals surface area contributed by atoms with Crippen molar-refractivity contribution in [2.45, 2.75) is 26.4 Å². The van der Waals surface area contributed by atoms with Crippen molar-refractivity contribution in [2.24, 2.45) is 5.73 Å². The van der Waals surface area contributed by atoms with Crippen LogP contribution < -0.4 is 10.5 Å². The molecule has 0 fully saturated rings. The summed E-state index contributed by atoms with van der Waals surface area (Å²) in [7, 11) is 0. The molecule has 0 saturated carbocycles. The minimum absolute atomic E-state index is 0.0486. The van der Waals surface area contributed by atoms with E-state index in [2.05, 4.69) is 35.9 Å². The van der Waals surface area contributed by atoms with E-state index >= 15 is 0 Å². The van der Waals surface area contributed by atoms with Crippen molar-refractivity contribution >= 4 is 5.91 Å². The number of nitrogens with two attached hydrogens (primary N) is 1. The highest BCUT2D eigenvalue weighted by Crippen LogP contribution is 2.17. The van der Waals surface area contributed by atoms with Crippen LogP contribution in [0.3, 0.4) is 0 Å². The second kappa shape index (κ2) is 6.14. The number of aromatic nitrogens is 2. The van der Waals surface area contributed by atoms with Gasteiger partial charge < -0.3 is 10.5 Å². The smallest absolute Gasteiger partial charge is 0.272 e. The third-order valence-electron chi connectivity index (χ3n) is 2.89. The fourth-order valence-electron chi connectivity index (χ4n) is 1.79. The quantitative estimate of drug-likeness (QED) is 0.904. The minimum Gasteiger partial charge on any atom is -0.471 e. The highest BCUT2D eigenvalue weighted by molar-refractivity contribution is 5.92. The lowest BCUT2D eigenvalue weighted by Crippen LogP contribution is -2.15. The van der Waals surface area contributed by atoms with Gasteiger partial charge in [0, 0.05) is 12.4 Å². The number of carbonyl (C=O) groups excluding carboxylic acids is 1. The predicted molar refractivity (Wildman–Crippen MR) is 75.4 cm³/mol. The summed E-state index contributed by atoms with van der Waals surface area (Å²) in [4.78, 5) is 19.1. The van der Waals surface area contributed by atoms with Crippen LogP contribution in [-0.2, 0) is 6.61 Å². The monoisotopic (exact) mass is 271 g/mol. The molecule has 0 aliphatic rings. The standard InChI is InChI=1S/C15H17N3O2/c1-10(2)12-5-3-4-11(8-12)9-20-15-13(14(16)19)17-6-7-18-15/h3-8,10H,9H2,1-2H3,(H2,16,19). The highest BCUT2D eigenvalue weighted by atomic mass is 16.5. The Balaban J connectivity index is 2.13. The van der Waals surface area contributed by atoms with Gasteiger partial charge in [-0.2, -0.15) is 0 Å². The van der Waals surface area contributed by atoms with Crippen molar-refractivity contribution in [2.75, 3.05) is 0 Å². The molecule has 5 heteroatoms. The number of amides is 1. The van der Waals surface area contributed by atoms with Gasteiger partial charge in [0.2, 0.25) is 5.88 Å². The van der Waals surface area contributed by atoms with Gasteiger partial charge in [0.15, 0.2) is 5.69 Å². The third kappa shape index (κ3) is 3.32. The average Bonchev–Trinajstić information content (AvgIpc) is 2.45. The maximum Gasteiger partial charge on any atom is 0.272 e. The number of benzene rings is 1. The molecule has 1 aromatic carbocycles. The van der Waals surface area contributed by atoms with Gasteiger partial charge >= 0.3 is 0 Å². The van der Waals surface area contributed by atoms with Gasteiger partial charge in [-0.15, -0.1) is 0 Å². The molecular weight excluding hydrogens is 254 g/mol. The summed E-state index contributed by atoms with van der Waals surface area (Å²) in [6.45, 7) is 4.58. The maximum atomic E-state index is 11.2. The summed E-state index contributed by atoms with van der Waals surface area (Å²) in [5.74, 6) is -0.0355. The highest BCUT2D eigenvalue weighted by Gasteiger charge is 2.12. The van der Waals surface area contributed by atoms with Crippen molar-refractivity contribution in [1.29, 1.82) is 0 Å². The van der Waals surface area contributed by atoms with E-state index in [0.29, 0.717) is 12.5 Å². The van der Waals surface area contributed by atoms with Crippen molar-refractivity contribution in [1.82, 2.24) is 9.97 Å². The van der Waals surface area contributed by atoms with Crippen molar-refractivity contribution in [3.05, 3.63) is 53.5 Å². The van der Waals surface area contributed by atoms with Crippen LogP contribution >= 0.6 is 0 Å². The molecule has 104 valence electrons. The zero-order valence-corrected chi connectivity index (χ0v) is 11.5. The fourth-order valence-corrected chi connectivity index (χ4v) is 1.79. The van der Waals surface area contributed by atoms with E-state index in [1.54, 1.807) is 0 Å². The number of nitrogens with zero attached hydrogens (tertiary/aromatic N) is 2. The third-order valence-corrected chi connectivity index (χ3v) is 2.89. The molecular formula is C15H17N3O2. The molecule has 0 bridgehead atoms. The number of primary amides is 1. The summed E-state index contributed by atoms with van der Waals surface area (Å²) < 4.78 is 5.54. The zero-order chi connectivity index (χ0) is 14.5. The Morgan fingerprint density at radius 3 is 2.75 bits per heavy atom. The lowest BCUT2D eigenvalue weighted by atomic mass is 10.0. The van der Waals surface area contributed by atoms with Crippen LogP contribution in [0.2, 0.25) is 0 Å². The molecule has 2 aromatic rings. The van der Waals surface area contributed by atoms with Crippen LogP contribution in [0.1, 0.15) is 41.4 Å². The first-order valence-electron chi connectivity index (χ1n) is 6.40. The molecule has 1 heterocycles. The Morgan fingerprint density at radius 1 is 1.30 bits per heavy atom. The van der Waals surface area contributed by atoms with E-state index in [9.17, 15) is 4.79 Å². The van der Waals surface area contributed by atoms with Crippen LogP contribution in [0.15, 0.2) is 36.7 Å². The number of rotatable bonds is 5. The normalized spacial score (nSPS) is 10.6. The molecule has 20 heavy (non-hydrogen) atoms. The summed E-state index contributed by atoms with van der Waals surface area (Å²) in [5, 5.41) is 0. The topological polar surface area (TPSA) is 78.1 Å². The molecule has 0 saturated heterocycles. The van der Waals surface area contributed by atoms with E-state index in [0.717, 1.165) is 5.56 Å². The largest absolute Gasteiger partial charge is 0.471 e. The van der Waals surface area contributed by atoms with E-state index in [4.69, 9.17) is 10.5 Å². The lowest BCUT2D eigenvalue weighted by molar-refractivity contribution is 0.0989. The van der Waals surface area contributed by atoms with Gasteiger partial charge in [0.1, 0.15) is 6.61 Å². The van der Waals surface area contributed by atoms with Crippen molar-refractivity contribution < 1.29 is 9.53 Å². The van der Waals surface area contributed by atoms with Crippen molar-refractivity contribution in [3.8, 4) is 5.88 Å². The van der Waals surface area contributed by atoms with Gasteiger partial charge in [0.05, 0.1) is 0 Å². The molecule has 0 aliphatic carbocycles. The van der Waals surface area contributed by atoms with E-state index < -0.39 is 5.91 Å². The lowest BCUT2D eigenvalue weighted by Gasteiger charge is -2.10. The summed E-state index contributed by atoms with van der Waals surface area (Å²) in [6, 6.07) is 8.10. The molecule has 0 spiro atoms. The Bertz CT molecular complexity index is 612. The fraction of sp³-hybridized carbons (Fsp3) is 0.267. The Morgan fingerprint density at radius 2 is 2.05 bits per heavy atom. The van der Waals surface area contributed by atoms with Crippen molar-refractivity contribution in [3.63, 3.8) is 0 Å². The molecule has 2 rings (SSSR count). The summed E-state index contributed by atoms with van der Waals surface area (Å²) >= 11 is 0. The summed E-state index contributed by atoms with van der Waals surface area (Å²) in [5.41, 5.74) is 7.52. The van der Waals surface area contributed by atoms with Crippen LogP contribution in [0, 0.1) is 0 Å². The minimum atomic E-state index is -0.649. The van der Waals surface area contributed by atoms with Crippen LogP contribution in [-0.4, -0.2) is 15.9 Å². The average molecular weight is 271 g/mol. The maximum absolute atomic E-state index is 11.2. The number of hydrogen-bond donors (Lipinski definition) is 1. The SMILES string of the molecule is CC(C)c1cccc(COc2nccnc2C(N)=O)c1. The first-order chi connectivity index (χ1) is 9.58. The van der Waals surface area contributed by atoms with Crippen LogP contribution in [0.4, 0.5) is 0 Å². The Labute approximate surface area is 117 Å². The number of ether oxygens (including phenoxy) is 1. The second-order valence-corrected chi connectivity index (χ2v) is 4.76.